The molecule has 18 heavy (non-hydrogen) atoms. The first kappa shape index (κ1) is 14.6. The standard InChI is InChI=1S/C13H21N3O2/c1-4-9(3)12(13(17)18)16-8-10-6-14-11(5-2)15-7-10/h6-7,9,12,16H,4-5,8H2,1-3H3,(H,17,18). The number of nitrogens with one attached hydrogen (secondary N) is 1. The van der Waals surface area contributed by atoms with Crippen molar-refractivity contribution in [2.24, 2.45) is 5.92 Å². The smallest absolute Gasteiger partial charge is 0.320 e. The quantitative estimate of drug-likeness (QED) is 0.770. The summed E-state index contributed by atoms with van der Waals surface area (Å²) in [4.78, 5) is 19.5. The van der Waals surface area contributed by atoms with E-state index < -0.39 is 12.0 Å². The molecule has 0 radical (unpaired) electrons. The van der Waals surface area contributed by atoms with E-state index in [0.717, 1.165) is 24.2 Å². The molecule has 5 nitrogen and oxygen atoms in total. The number of aliphatic carboxylic acids is 1. The van der Waals surface area contributed by atoms with E-state index in [9.17, 15) is 4.79 Å². The first-order valence-corrected chi connectivity index (χ1v) is 6.34. The van der Waals surface area contributed by atoms with E-state index in [0.29, 0.717) is 6.54 Å². The zero-order valence-electron chi connectivity index (χ0n) is 11.2. The van der Waals surface area contributed by atoms with Crippen molar-refractivity contribution in [3.05, 3.63) is 23.8 Å². The first-order valence-electron chi connectivity index (χ1n) is 6.34. The molecule has 0 saturated heterocycles. The molecule has 0 saturated carbocycles. The third-order valence-corrected chi connectivity index (χ3v) is 3.08. The van der Waals surface area contributed by atoms with Crippen LogP contribution in [0.15, 0.2) is 12.4 Å². The van der Waals surface area contributed by atoms with Crippen LogP contribution < -0.4 is 5.32 Å². The van der Waals surface area contributed by atoms with Gasteiger partial charge in [0, 0.05) is 30.9 Å². The van der Waals surface area contributed by atoms with Gasteiger partial charge in [0.05, 0.1) is 0 Å². The number of aryl methyl sites for hydroxylation is 1. The molecule has 1 aromatic rings. The number of carbonyl (C=O) groups is 1. The van der Waals surface area contributed by atoms with Crippen molar-refractivity contribution in [1.82, 2.24) is 15.3 Å². The number of carboxylic acid groups (broad SMARTS) is 1. The molecule has 0 aliphatic heterocycles. The molecular weight excluding hydrogens is 230 g/mol. The number of rotatable bonds is 7. The predicted octanol–water partition coefficient (Wildman–Crippen LogP) is 1.63. The van der Waals surface area contributed by atoms with Gasteiger partial charge >= 0.3 is 5.97 Å². The second-order valence-corrected chi connectivity index (χ2v) is 4.44. The van der Waals surface area contributed by atoms with Crippen LogP contribution in [-0.4, -0.2) is 27.1 Å². The molecule has 0 bridgehead atoms. The van der Waals surface area contributed by atoms with Gasteiger partial charge in [-0.1, -0.05) is 27.2 Å². The summed E-state index contributed by atoms with van der Waals surface area (Å²) >= 11 is 0. The SMILES string of the molecule is CCc1ncc(CNC(C(=O)O)C(C)CC)cn1. The van der Waals surface area contributed by atoms with Gasteiger partial charge in [-0.15, -0.1) is 0 Å². The fourth-order valence-corrected chi connectivity index (χ4v) is 1.65. The minimum atomic E-state index is -0.810. The Morgan fingerprint density at radius 3 is 2.44 bits per heavy atom. The van der Waals surface area contributed by atoms with E-state index in [-0.39, 0.29) is 5.92 Å². The molecule has 0 aromatic carbocycles. The van der Waals surface area contributed by atoms with Crippen LogP contribution in [0, 0.1) is 5.92 Å². The lowest BCUT2D eigenvalue weighted by Crippen LogP contribution is -2.41. The number of aromatic nitrogens is 2. The van der Waals surface area contributed by atoms with Crippen molar-refractivity contribution in [3.8, 4) is 0 Å². The number of nitrogens with zero attached hydrogens (tertiary/aromatic N) is 2. The summed E-state index contributed by atoms with van der Waals surface area (Å²) in [7, 11) is 0. The Kier molecular flexibility index (Phi) is 5.71. The van der Waals surface area contributed by atoms with E-state index in [1.165, 1.54) is 0 Å². The molecule has 0 aliphatic carbocycles. The zero-order valence-corrected chi connectivity index (χ0v) is 11.2. The molecule has 100 valence electrons. The molecule has 1 heterocycles. The lowest BCUT2D eigenvalue weighted by Gasteiger charge is -2.20. The highest BCUT2D eigenvalue weighted by atomic mass is 16.4. The summed E-state index contributed by atoms with van der Waals surface area (Å²) in [6, 6.07) is -0.527. The Morgan fingerprint density at radius 1 is 1.39 bits per heavy atom. The monoisotopic (exact) mass is 251 g/mol. The minimum Gasteiger partial charge on any atom is -0.480 e. The Bertz CT molecular complexity index is 378. The van der Waals surface area contributed by atoms with Crippen LogP contribution in [0.4, 0.5) is 0 Å². The van der Waals surface area contributed by atoms with Gasteiger partial charge in [-0.2, -0.15) is 0 Å². The molecule has 1 aromatic heterocycles. The number of carboxylic acids is 1. The van der Waals surface area contributed by atoms with Gasteiger partial charge in [0.2, 0.25) is 0 Å². The summed E-state index contributed by atoms with van der Waals surface area (Å²) in [6.07, 6.45) is 5.12. The minimum absolute atomic E-state index is 0.0957. The summed E-state index contributed by atoms with van der Waals surface area (Å²) in [5, 5.41) is 12.2. The van der Waals surface area contributed by atoms with Crippen molar-refractivity contribution < 1.29 is 9.90 Å². The number of hydrogen-bond donors (Lipinski definition) is 2. The van der Waals surface area contributed by atoms with E-state index in [2.05, 4.69) is 15.3 Å². The van der Waals surface area contributed by atoms with Crippen LogP contribution >= 0.6 is 0 Å². The molecule has 2 N–H and O–H groups in total. The maximum atomic E-state index is 11.1. The molecule has 0 aliphatic rings. The van der Waals surface area contributed by atoms with Gasteiger partial charge in [-0.3, -0.25) is 10.1 Å². The van der Waals surface area contributed by atoms with Crippen LogP contribution in [0.5, 0.6) is 0 Å². The van der Waals surface area contributed by atoms with Gasteiger partial charge < -0.3 is 5.11 Å². The largest absolute Gasteiger partial charge is 0.480 e. The van der Waals surface area contributed by atoms with Gasteiger partial charge in [0.25, 0.3) is 0 Å². The lowest BCUT2D eigenvalue weighted by atomic mass is 9.99. The van der Waals surface area contributed by atoms with Crippen molar-refractivity contribution >= 4 is 5.97 Å². The highest BCUT2D eigenvalue weighted by Gasteiger charge is 2.22. The molecule has 2 atom stereocenters. The summed E-state index contributed by atoms with van der Waals surface area (Å²) in [6.45, 7) is 6.39. The van der Waals surface area contributed by atoms with Gasteiger partial charge in [0.15, 0.2) is 0 Å². The number of hydrogen-bond acceptors (Lipinski definition) is 4. The third-order valence-electron chi connectivity index (χ3n) is 3.08. The average molecular weight is 251 g/mol. The van der Waals surface area contributed by atoms with Gasteiger partial charge in [-0.25, -0.2) is 9.97 Å². The third kappa shape index (κ3) is 4.07. The van der Waals surface area contributed by atoms with E-state index in [4.69, 9.17) is 5.11 Å². The van der Waals surface area contributed by atoms with Crippen molar-refractivity contribution in [3.63, 3.8) is 0 Å². The van der Waals surface area contributed by atoms with E-state index in [1.54, 1.807) is 12.4 Å². The Hall–Kier alpha value is -1.49. The Labute approximate surface area is 108 Å². The Morgan fingerprint density at radius 2 is 2.00 bits per heavy atom. The molecule has 5 heteroatoms. The summed E-state index contributed by atoms with van der Waals surface area (Å²) in [5.41, 5.74) is 0.904. The van der Waals surface area contributed by atoms with Crippen LogP contribution in [0.1, 0.15) is 38.6 Å². The second-order valence-electron chi connectivity index (χ2n) is 4.44. The maximum absolute atomic E-state index is 11.1. The summed E-state index contributed by atoms with van der Waals surface area (Å²) in [5.74, 6) is 0.0873. The fourth-order valence-electron chi connectivity index (χ4n) is 1.65. The molecule has 0 spiro atoms. The lowest BCUT2D eigenvalue weighted by molar-refractivity contribution is -0.140. The van der Waals surface area contributed by atoms with Crippen LogP contribution in [-0.2, 0) is 17.8 Å². The van der Waals surface area contributed by atoms with Crippen LogP contribution in [0.2, 0.25) is 0 Å². The first-order chi connectivity index (χ1) is 8.58. The zero-order chi connectivity index (χ0) is 13.5. The van der Waals surface area contributed by atoms with Crippen molar-refractivity contribution in [2.45, 2.75) is 46.2 Å². The van der Waals surface area contributed by atoms with Crippen molar-refractivity contribution in [1.29, 1.82) is 0 Å². The van der Waals surface area contributed by atoms with Crippen molar-refractivity contribution in [2.75, 3.05) is 0 Å². The van der Waals surface area contributed by atoms with Crippen LogP contribution in [0.25, 0.3) is 0 Å². The predicted molar refractivity (Wildman–Crippen MR) is 69.1 cm³/mol. The molecule has 1 rings (SSSR count). The maximum Gasteiger partial charge on any atom is 0.320 e. The molecular formula is C13H21N3O2. The van der Waals surface area contributed by atoms with E-state index >= 15 is 0 Å². The highest BCUT2D eigenvalue weighted by molar-refractivity contribution is 5.73. The highest BCUT2D eigenvalue weighted by Crippen LogP contribution is 2.09. The average Bonchev–Trinajstić information content (AvgIpc) is 2.39. The van der Waals surface area contributed by atoms with Crippen LogP contribution in [0.3, 0.4) is 0 Å². The fraction of sp³-hybridized carbons (Fsp3) is 0.615. The van der Waals surface area contributed by atoms with E-state index in [1.807, 2.05) is 20.8 Å². The Balaban J connectivity index is 2.58. The molecule has 2 unspecified atom stereocenters. The van der Waals surface area contributed by atoms with Gasteiger partial charge in [-0.05, 0) is 5.92 Å². The second kappa shape index (κ2) is 7.06. The normalized spacial score (nSPS) is 14.2. The summed E-state index contributed by atoms with van der Waals surface area (Å²) < 4.78 is 0. The topological polar surface area (TPSA) is 75.1 Å². The van der Waals surface area contributed by atoms with Gasteiger partial charge in [0.1, 0.15) is 11.9 Å². The molecule has 0 amide bonds. The molecule has 0 fully saturated rings.